The van der Waals surface area contributed by atoms with Gasteiger partial charge in [0, 0.05) is 31.6 Å². The minimum absolute atomic E-state index is 0.107. The van der Waals surface area contributed by atoms with Crippen molar-refractivity contribution < 1.29 is 9.90 Å². The van der Waals surface area contributed by atoms with Crippen LogP contribution >= 0.6 is 0 Å². The molecule has 2 rings (SSSR count). The van der Waals surface area contributed by atoms with Crippen LogP contribution in [0, 0.1) is 5.41 Å². The minimum atomic E-state index is -0.107. The molecule has 1 heterocycles. The summed E-state index contributed by atoms with van der Waals surface area (Å²) in [6.07, 6.45) is 6.83. The Bertz CT molecular complexity index is 301. The van der Waals surface area contributed by atoms with Gasteiger partial charge in [-0.05, 0) is 25.8 Å². The monoisotopic (exact) mass is 268 g/mol. The lowest BCUT2D eigenvalue weighted by Gasteiger charge is -2.36. The summed E-state index contributed by atoms with van der Waals surface area (Å²) in [4.78, 5) is 17.1. The van der Waals surface area contributed by atoms with Crippen molar-refractivity contribution in [2.75, 3.05) is 39.3 Å². The zero-order valence-corrected chi connectivity index (χ0v) is 12.2. The lowest BCUT2D eigenvalue weighted by Crippen LogP contribution is -2.45. The molecule has 1 saturated heterocycles. The topological polar surface area (TPSA) is 43.8 Å². The molecular formula is C15H28N2O2. The van der Waals surface area contributed by atoms with Gasteiger partial charge < -0.3 is 10.0 Å². The van der Waals surface area contributed by atoms with Crippen molar-refractivity contribution in [2.24, 2.45) is 5.41 Å². The van der Waals surface area contributed by atoms with E-state index in [4.69, 9.17) is 5.11 Å². The van der Waals surface area contributed by atoms with Crippen LogP contribution in [0.2, 0.25) is 0 Å². The highest BCUT2D eigenvalue weighted by atomic mass is 16.3. The molecule has 0 aromatic rings. The van der Waals surface area contributed by atoms with Gasteiger partial charge in [-0.2, -0.15) is 0 Å². The van der Waals surface area contributed by atoms with Crippen LogP contribution in [-0.4, -0.2) is 60.1 Å². The van der Waals surface area contributed by atoms with Crippen LogP contribution < -0.4 is 0 Å². The fraction of sp³-hybridized carbons (Fsp3) is 0.933. The molecule has 1 saturated carbocycles. The number of aliphatic hydroxyl groups is 1. The fourth-order valence-electron chi connectivity index (χ4n) is 3.47. The van der Waals surface area contributed by atoms with E-state index in [1.807, 2.05) is 0 Å². The van der Waals surface area contributed by atoms with Gasteiger partial charge in [-0.25, -0.2) is 0 Å². The van der Waals surface area contributed by atoms with Crippen LogP contribution in [0.5, 0.6) is 0 Å². The molecule has 2 fully saturated rings. The Kier molecular flexibility index (Phi) is 5.22. The zero-order valence-electron chi connectivity index (χ0n) is 12.2. The number of amides is 1. The second-order valence-corrected chi connectivity index (χ2v) is 6.33. The van der Waals surface area contributed by atoms with E-state index in [1.54, 1.807) is 0 Å². The van der Waals surface area contributed by atoms with E-state index in [9.17, 15) is 4.79 Å². The SMILES string of the molecule is CC1(C(=O)N2CCCN(CCO)CC2)CCCCC1. The molecule has 1 amide bonds. The first kappa shape index (κ1) is 14.8. The highest BCUT2D eigenvalue weighted by Gasteiger charge is 2.37. The number of carbonyl (C=O) groups excluding carboxylic acids is 1. The molecule has 0 aromatic carbocycles. The summed E-state index contributed by atoms with van der Waals surface area (Å²) >= 11 is 0. The predicted octanol–water partition coefficient (Wildman–Crippen LogP) is 1.48. The standard InChI is InChI=1S/C15H28N2O2/c1-15(6-3-2-4-7-15)14(19)17-9-5-8-16(10-11-17)12-13-18/h18H,2-13H2,1H3. The summed E-state index contributed by atoms with van der Waals surface area (Å²) in [5.41, 5.74) is -0.107. The maximum absolute atomic E-state index is 12.8. The highest BCUT2D eigenvalue weighted by molar-refractivity contribution is 5.82. The van der Waals surface area contributed by atoms with Gasteiger partial charge in [0.05, 0.1) is 6.61 Å². The molecule has 0 spiro atoms. The maximum Gasteiger partial charge on any atom is 0.228 e. The number of hydrogen-bond donors (Lipinski definition) is 1. The number of nitrogens with zero attached hydrogens (tertiary/aromatic N) is 2. The van der Waals surface area contributed by atoms with Crippen LogP contribution in [0.25, 0.3) is 0 Å². The van der Waals surface area contributed by atoms with Gasteiger partial charge in [-0.1, -0.05) is 26.2 Å². The Hall–Kier alpha value is -0.610. The number of β-amino-alcohol motifs (C(OH)–C–C–N with tert-alkyl or cyclic N) is 1. The smallest absolute Gasteiger partial charge is 0.228 e. The molecule has 4 nitrogen and oxygen atoms in total. The molecule has 110 valence electrons. The number of carbonyl (C=O) groups is 1. The molecule has 4 heteroatoms. The first-order valence-corrected chi connectivity index (χ1v) is 7.78. The van der Waals surface area contributed by atoms with Gasteiger partial charge in [0.15, 0.2) is 0 Å². The van der Waals surface area contributed by atoms with E-state index in [2.05, 4.69) is 16.7 Å². The van der Waals surface area contributed by atoms with Crippen molar-refractivity contribution in [3.8, 4) is 0 Å². The van der Waals surface area contributed by atoms with Crippen molar-refractivity contribution in [1.82, 2.24) is 9.80 Å². The van der Waals surface area contributed by atoms with Crippen LogP contribution in [0.15, 0.2) is 0 Å². The lowest BCUT2D eigenvalue weighted by atomic mass is 9.74. The predicted molar refractivity (Wildman–Crippen MR) is 75.9 cm³/mol. The Morgan fingerprint density at radius 3 is 2.47 bits per heavy atom. The van der Waals surface area contributed by atoms with E-state index in [0.29, 0.717) is 5.91 Å². The molecule has 0 radical (unpaired) electrons. The number of rotatable bonds is 3. The maximum atomic E-state index is 12.8. The van der Waals surface area contributed by atoms with E-state index < -0.39 is 0 Å². The van der Waals surface area contributed by atoms with Gasteiger partial charge in [-0.15, -0.1) is 0 Å². The fourth-order valence-corrected chi connectivity index (χ4v) is 3.47. The first-order chi connectivity index (χ1) is 9.15. The van der Waals surface area contributed by atoms with Crippen LogP contribution in [0.4, 0.5) is 0 Å². The van der Waals surface area contributed by atoms with Crippen LogP contribution in [0.3, 0.4) is 0 Å². The van der Waals surface area contributed by atoms with Gasteiger partial charge in [0.25, 0.3) is 0 Å². The van der Waals surface area contributed by atoms with Crippen molar-refractivity contribution in [1.29, 1.82) is 0 Å². The summed E-state index contributed by atoms with van der Waals surface area (Å²) in [6, 6.07) is 0. The van der Waals surface area contributed by atoms with Crippen molar-refractivity contribution in [3.63, 3.8) is 0 Å². The van der Waals surface area contributed by atoms with Crippen molar-refractivity contribution in [3.05, 3.63) is 0 Å². The molecule has 19 heavy (non-hydrogen) atoms. The Labute approximate surface area is 116 Å². The molecule has 1 aliphatic heterocycles. The summed E-state index contributed by atoms with van der Waals surface area (Å²) in [7, 11) is 0. The molecular weight excluding hydrogens is 240 g/mol. The van der Waals surface area contributed by atoms with Crippen molar-refractivity contribution >= 4 is 5.91 Å². The van der Waals surface area contributed by atoms with Gasteiger partial charge in [-0.3, -0.25) is 9.69 Å². The van der Waals surface area contributed by atoms with E-state index in [0.717, 1.165) is 52.0 Å². The summed E-state index contributed by atoms with van der Waals surface area (Å²) in [5, 5.41) is 9.01. The number of aliphatic hydroxyl groups excluding tert-OH is 1. The first-order valence-electron chi connectivity index (χ1n) is 7.78. The summed E-state index contributed by atoms with van der Waals surface area (Å²) in [6.45, 7) is 6.73. The third kappa shape index (κ3) is 3.69. The molecule has 1 aliphatic carbocycles. The molecule has 1 N–H and O–H groups in total. The third-order valence-corrected chi connectivity index (χ3v) is 4.77. The van der Waals surface area contributed by atoms with E-state index in [1.165, 1.54) is 19.3 Å². The van der Waals surface area contributed by atoms with E-state index in [-0.39, 0.29) is 12.0 Å². The highest BCUT2D eigenvalue weighted by Crippen LogP contribution is 2.37. The molecule has 0 aromatic heterocycles. The zero-order chi connectivity index (χ0) is 13.7. The third-order valence-electron chi connectivity index (χ3n) is 4.77. The average Bonchev–Trinajstić information content (AvgIpc) is 2.65. The normalized spacial score (nSPS) is 25.1. The average molecular weight is 268 g/mol. The molecule has 2 aliphatic rings. The van der Waals surface area contributed by atoms with E-state index >= 15 is 0 Å². The molecule has 0 bridgehead atoms. The minimum Gasteiger partial charge on any atom is -0.395 e. The second kappa shape index (κ2) is 6.71. The summed E-state index contributed by atoms with van der Waals surface area (Å²) in [5.74, 6) is 0.373. The second-order valence-electron chi connectivity index (χ2n) is 6.33. The van der Waals surface area contributed by atoms with Gasteiger partial charge in [0.2, 0.25) is 5.91 Å². The number of hydrogen-bond acceptors (Lipinski definition) is 3. The Balaban J connectivity index is 1.92. The van der Waals surface area contributed by atoms with Crippen LogP contribution in [0.1, 0.15) is 45.4 Å². The quantitative estimate of drug-likeness (QED) is 0.843. The van der Waals surface area contributed by atoms with Gasteiger partial charge >= 0.3 is 0 Å². The largest absolute Gasteiger partial charge is 0.395 e. The van der Waals surface area contributed by atoms with Crippen molar-refractivity contribution in [2.45, 2.75) is 45.4 Å². The molecule has 0 atom stereocenters. The Morgan fingerprint density at radius 2 is 1.79 bits per heavy atom. The van der Waals surface area contributed by atoms with Crippen LogP contribution in [-0.2, 0) is 4.79 Å². The Morgan fingerprint density at radius 1 is 1.05 bits per heavy atom. The van der Waals surface area contributed by atoms with Gasteiger partial charge in [0.1, 0.15) is 0 Å². The summed E-state index contributed by atoms with van der Waals surface area (Å²) < 4.78 is 0. The molecule has 0 unspecified atom stereocenters. The lowest BCUT2D eigenvalue weighted by molar-refractivity contribution is -0.143.